The summed E-state index contributed by atoms with van der Waals surface area (Å²) in [6.45, 7) is 4.77. The van der Waals surface area contributed by atoms with Crippen LogP contribution >= 0.6 is 0 Å². The number of methoxy groups -OCH3 is 3. The fourth-order valence-electron chi connectivity index (χ4n) is 6.58. The molecule has 0 radical (unpaired) electrons. The van der Waals surface area contributed by atoms with Gasteiger partial charge in [-0.25, -0.2) is 19.6 Å². The molecule has 1 fully saturated rings. The number of aryl methyl sites for hydroxylation is 1. The zero-order valence-corrected chi connectivity index (χ0v) is 32.7. The van der Waals surface area contributed by atoms with Gasteiger partial charge in [-0.2, -0.15) is 0 Å². The van der Waals surface area contributed by atoms with Gasteiger partial charge in [0, 0.05) is 50.2 Å². The van der Waals surface area contributed by atoms with Gasteiger partial charge in [0.15, 0.2) is 0 Å². The number of benzene rings is 3. The Bertz CT molecular complexity index is 2230. The second-order valence-corrected chi connectivity index (χ2v) is 13.8. The molecule has 0 bridgehead atoms. The number of H-pyrrole nitrogens is 2. The van der Waals surface area contributed by atoms with Crippen molar-refractivity contribution in [1.82, 2.24) is 40.8 Å². The zero-order chi connectivity index (χ0) is 40.2. The molecule has 1 saturated heterocycles. The molecule has 3 aromatic carbocycles. The van der Waals surface area contributed by atoms with E-state index in [9.17, 15) is 19.2 Å². The molecule has 3 heterocycles. The minimum absolute atomic E-state index is 0.108. The Morgan fingerprint density at radius 3 is 2.34 bits per heavy atom. The van der Waals surface area contributed by atoms with Crippen LogP contribution < -0.4 is 16.0 Å². The van der Waals surface area contributed by atoms with Crippen LogP contribution in [0.2, 0.25) is 0 Å². The number of amides is 4. The van der Waals surface area contributed by atoms with Crippen molar-refractivity contribution in [3.8, 4) is 11.8 Å². The lowest BCUT2D eigenvalue weighted by molar-refractivity contribution is -0.135. The SMILES string of the molecule is COC.COC(=O)NCC(=O)NCCCCc1nc2c(ccc3cc(C#Cc4ccc5nc(C6CCCN6C(=O)C(NC(=O)OC)C(C)C)[nH]c5c4)ccc32)[nH]1. The molecule has 0 aliphatic carbocycles. The van der Waals surface area contributed by atoms with E-state index in [0.717, 1.165) is 81.9 Å². The Kier molecular flexibility index (Phi) is 14.2. The smallest absolute Gasteiger partial charge is 0.407 e. The number of nitrogens with one attached hydrogen (secondary N) is 5. The predicted molar refractivity (Wildman–Crippen MR) is 213 cm³/mol. The highest BCUT2D eigenvalue weighted by Gasteiger charge is 2.37. The van der Waals surface area contributed by atoms with E-state index in [4.69, 9.17) is 14.7 Å². The number of hydrogen-bond donors (Lipinski definition) is 5. The van der Waals surface area contributed by atoms with Crippen molar-refractivity contribution < 1.29 is 33.4 Å². The fourth-order valence-corrected chi connectivity index (χ4v) is 6.58. The topological polar surface area (TPSA) is 193 Å². The molecule has 2 atom stereocenters. The first-order valence-electron chi connectivity index (χ1n) is 18.6. The van der Waals surface area contributed by atoms with Gasteiger partial charge in [-0.3, -0.25) is 9.59 Å². The number of fused-ring (bicyclic) bond motifs is 4. The van der Waals surface area contributed by atoms with Crippen molar-refractivity contribution in [3.05, 3.63) is 71.3 Å². The van der Waals surface area contributed by atoms with Crippen LogP contribution in [0.4, 0.5) is 9.59 Å². The molecule has 15 nitrogen and oxygen atoms in total. The highest BCUT2D eigenvalue weighted by molar-refractivity contribution is 6.04. The molecule has 5 aromatic rings. The van der Waals surface area contributed by atoms with Crippen molar-refractivity contribution >= 4 is 56.8 Å². The van der Waals surface area contributed by atoms with Crippen LogP contribution in [0.3, 0.4) is 0 Å². The number of imidazole rings is 2. The van der Waals surface area contributed by atoms with E-state index in [1.54, 1.807) is 19.1 Å². The highest BCUT2D eigenvalue weighted by Crippen LogP contribution is 2.33. The Balaban J connectivity index is 0.00000194. The molecule has 2 unspecified atom stereocenters. The van der Waals surface area contributed by atoms with Gasteiger partial charge in [0.05, 0.1) is 48.9 Å². The lowest BCUT2D eigenvalue weighted by atomic mass is 10.0. The minimum atomic E-state index is -0.693. The number of rotatable bonds is 11. The third-order valence-electron chi connectivity index (χ3n) is 9.35. The van der Waals surface area contributed by atoms with Gasteiger partial charge < -0.3 is 45.0 Å². The number of carbonyl (C=O) groups is 4. The van der Waals surface area contributed by atoms with Gasteiger partial charge in [0.1, 0.15) is 17.7 Å². The van der Waals surface area contributed by atoms with Gasteiger partial charge >= 0.3 is 12.2 Å². The molecule has 2 aromatic heterocycles. The summed E-state index contributed by atoms with van der Waals surface area (Å²) >= 11 is 0. The molecule has 1 aliphatic heterocycles. The number of ether oxygens (including phenoxy) is 3. The maximum atomic E-state index is 13.5. The van der Waals surface area contributed by atoms with E-state index in [1.807, 2.05) is 50.2 Å². The average molecular weight is 767 g/mol. The Labute approximate surface area is 325 Å². The van der Waals surface area contributed by atoms with Gasteiger partial charge in [-0.05, 0) is 73.4 Å². The van der Waals surface area contributed by atoms with Crippen LogP contribution in [0.5, 0.6) is 0 Å². The molecule has 4 amide bonds. The Morgan fingerprint density at radius 1 is 0.875 bits per heavy atom. The summed E-state index contributed by atoms with van der Waals surface area (Å²) in [5.74, 6) is 7.66. The van der Waals surface area contributed by atoms with Crippen molar-refractivity contribution in [2.24, 2.45) is 5.92 Å². The van der Waals surface area contributed by atoms with E-state index in [1.165, 1.54) is 14.2 Å². The molecule has 0 spiro atoms. The van der Waals surface area contributed by atoms with Crippen LogP contribution in [0.25, 0.3) is 32.8 Å². The van der Waals surface area contributed by atoms with E-state index < -0.39 is 18.2 Å². The van der Waals surface area contributed by atoms with E-state index in [-0.39, 0.29) is 30.3 Å². The summed E-state index contributed by atoms with van der Waals surface area (Å²) in [6, 6.07) is 15.1. The quantitative estimate of drug-likeness (QED) is 0.0900. The predicted octanol–water partition coefficient (Wildman–Crippen LogP) is 5.09. The second kappa shape index (κ2) is 19.4. The van der Waals surface area contributed by atoms with Crippen molar-refractivity contribution in [2.75, 3.05) is 48.1 Å². The first-order chi connectivity index (χ1) is 27.0. The minimum Gasteiger partial charge on any atom is -0.453 e. The largest absolute Gasteiger partial charge is 0.453 e. The van der Waals surface area contributed by atoms with Gasteiger partial charge in [-0.15, -0.1) is 0 Å². The van der Waals surface area contributed by atoms with E-state index in [0.29, 0.717) is 18.9 Å². The Morgan fingerprint density at radius 2 is 1.61 bits per heavy atom. The third kappa shape index (κ3) is 10.3. The van der Waals surface area contributed by atoms with Crippen LogP contribution in [-0.4, -0.2) is 103 Å². The fraction of sp³-hybridized carbons (Fsp3) is 0.415. The normalized spacial score (nSPS) is 14.1. The van der Waals surface area contributed by atoms with Crippen molar-refractivity contribution in [2.45, 2.75) is 58.0 Å². The van der Waals surface area contributed by atoms with Crippen molar-refractivity contribution in [3.63, 3.8) is 0 Å². The first kappa shape index (κ1) is 41.0. The lowest BCUT2D eigenvalue weighted by Gasteiger charge is -2.29. The number of alkyl carbamates (subject to hydrolysis) is 2. The van der Waals surface area contributed by atoms with Crippen LogP contribution in [0.1, 0.15) is 68.3 Å². The van der Waals surface area contributed by atoms with E-state index >= 15 is 0 Å². The number of aromatic amines is 2. The highest BCUT2D eigenvalue weighted by atomic mass is 16.5. The molecular formula is C41H50N8O7. The van der Waals surface area contributed by atoms with Crippen LogP contribution in [0, 0.1) is 17.8 Å². The first-order valence-corrected chi connectivity index (χ1v) is 18.6. The number of hydrogen-bond acceptors (Lipinski definition) is 9. The average Bonchev–Trinajstić information content (AvgIpc) is 3.96. The number of likely N-dealkylation sites (tertiary alicyclic amines) is 1. The van der Waals surface area contributed by atoms with Gasteiger partial charge in [0.2, 0.25) is 11.8 Å². The molecule has 1 aliphatic rings. The lowest BCUT2D eigenvalue weighted by Crippen LogP contribution is -2.51. The molecule has 0 saturated carbocycles. The summed E-state index contributed by atoms with van der Waals surface area (Å²) in [7, 11) is 5.79. The maximum Gasteiger partial charge on any atom is 0.407 e. The van der Waals surface area contributed by atoms with Crippen LogP contribution in [-0.2, 0) is 30.2 Å². The standard InChI is InChI=1S/C39H44N8O6.C2H6O/c1-23(2)34(46-39(51)53-4)37(49)47-19-7-8-31(47)36-43-28-16-13-25(21-30(28)44-36)11-10-24-12-15-27-26(20-24)14-17-29-35(27)45-32(42-29)9-5-6-18-40-33(48)22-41-38(50)52-3;1-3-2/h12-17,20-21,23,31,34H,5-9,18-19,22H2,1-4H3,(H,40,48)(H,41,50)(H,42,45)(H,43,44)(H,46,51);1-2H3. The second-order valence-electron chi connectivity index (χ2n) is 13.8. The molecule has 6 rings (SSSR count). The van der Waals surface area contributed by atoms with Crippen LogP contribution in [0.15, 0.2) is 48.5 Å². The van der Waals surface area contributed by atoms with Gasteiger partial charge in [0.25, 0.3) is 0 Å². The molecule has 15 heteroatoms. The summed E-state index contributed by atoms with van der Waals surface area (Å²) in [4.78, 5) is 66.7. The summed E-state index contributed by atoms with van der Waals surface area (Å²) in [6.07, 6.45) is 2.69. The summed E-state index contributed by atoms with van der Waals surface area (Å²) in [5.41, 5.74) is 5.21. The number of aromatic nitrogens is 4. The third-order valence-corrected chi connectivity index (χ3v) is 9.35. The summed E-state index contributed by atoms with van der Waals surface area (Å²) in [5, 5.41) is 9.90. The summed E-state index contributed by atoms with van der Waals surface area (Å²) < 4.78 is 13.5. The number of carbonyl (C=O) groups excluding carboxylic acids is 4. The molecule has 296 valence electrons. The number of nitrogens with zero attached hydrogens (tertiary/aromatic N) is 3. The molecule has 56 heavy (non-hydrogen) atoms. The monoisotopic (exact) mass is 766 g/mol. The maximum absolute atomic E-state index is 13.5. The van der Waals surface area contributed by atoms with E-state index in [2.05, 4.69) is 59.4 Å². The molecular weight excluding hydrogens is 716 g/mol. The Hall–Kier alpha value is -6.14. The zero-order valence-electron chi connectivity index (χ0n) is 32.7. The van der Waals surface area contributed by atoms with Crippen molar-refractivity contribution in [1.29, 1.82) is 0 Å². The van der Waals surface area contributed by atoms with Gasteiger partial charge in [-0.1, -0.05) is 37.8 Å². The number of unbranched alkanes of at least 4 members (excludes halogenated alkanes) is 1. The molecule has 5 N–H and O–H groups in total.